The zero-order valence-corrected chi connectivity index (χ0v) is 13.5. The minimum Gasteiger partial charge on any atom is -0.497 e. The Kier molecular flexibility index (Phi) is 4.66. The molecule has 1 amide bonds. The summed E-state index contributed by atoms with van der Waals surface area (Å²) in [6.07, 6.45) is 2.73. The van der Waals surface area contributed by atoms with Gasteiger partial charge in [-0.1, -0.05) is 0 Å². The van der Waals surface area contributed by atoms with Gasteiger partial charge in [-0.3, -0.25) is 9.59 Å². The highest BCUT2D eigenvalue weighted by Gasteiger charge is 2.42. The third-order valence-electron chi connectivity index (χ3n) is 5.24. The Morgan fingerprint density at radius 1 is 1.17 bits per heavy atom. The van der Waals surface area contributed by atoms with Crippen LogP contribution in [0.5, 0.6) is 5.75 Å². The highest BCUT2D eigenvalue weighted by Crippen LogP contribution is 2.37. The third-order valence-corrected chi connectivity index (χ3v) is 5.24. The number of benzene rings is 1. The summed E-state index contributed by atoms with van der Waals surface area (Å²) in [5, 5.41) is 0. The zero-order valence-electron chi connectivity index (χ0n) is 13.5. The highest BCUT2D eigenvalue weighted by atomic mass is 16.5. The zero-order chi connectivity index (χ0) is 16.4. The number of hydrogen-bond donors (Lipinski definition) is 1. The molecule has 0 bridgehead atoms. The van der Waals surface area contributed by atoms with Gasteiger partial charge in [-0.25, -0.2) is 0 Å². The first kappa shape index (κ1) is 16.0. The van der Waals surface area contributed by atoms with Gasteiger partial charge in [0, 0.05) is 37.5 Å². The van der Waals surface area contributed by atoms with E-state index in [4.69, 9.17) is 10.5 Å². The summed E-state index contributed by atoms with van der Waals surface area (Å²) in [7, 11) is 1.59. The molecule has 1 saturated heterocycles. The number of nitrogens with zero attached hydrogens (tertiary/aromatic N) is 1. The van der Waals surface area contributed by atoms with Gasteiger partial charge in [-0.15, -0.1) is 0 Å². The van der Waals surface area contributed by atoms with Crippen LogP contribution in [0.1, 0.15) is 36.0 Å². The number of carbonyl (C=O) groups is 2. The normalized spacial score (nSPS) is 26.2. The maximum atomic E-state index is 12.3. The van der Waals surface area contributed by atoms with Crippen molar-refractivity contribution in [3.05, 3.63) is 29.8 Å². The summed E-state index contributed by atoms with van der Waals surface area (Å²) >= 11 is 0. The van der Waals surface area contributed by atoms with E-state index in [9.17, 15) is 9.59 Å². The monoisotopic (exact) mass is 316 g/mol. The molecule has 5 heteroatoms. The second-order valence-corrected chi connectivity index (χ2v) is 6.62. The number of Topliss-reactive ketones (excluding diaryl/α,β-unsaturated/α-hetero) is 1. The Balaban J connectivity index is 1.50. The van der Waals surface area contributed by atoms with Gasteiger partial charge >= 0.3 is 0 Å². The molecule has 0 radical (unpaired) electrons. The fraction of sp³-hybridized carbons (Fsp3) is 0.556. The van der Waals surface area contributed by atoms with Crippen LogP contribution >= 0.6 is 0 Å². The molecule has 3 rings (SSSR count). The fourth-order valence-electron chi connectivity index (χ4n) is 3.81. The largest absolute Gasteiger partial charge is 0.497 e. The Bertz CT molecular complexity index is 584. The molecule has 2 N–H and O–H groups in total. The summed E-state index contributed by atoms with van der Waals surface area (Å²) in [5.74, 6) is 1.81. The fourth-order valence-corrected chi connectivity index (χ4v) is 3.81. The number of rotatable bonds is 5. The van der Waals surface area contributed by atoms with Crippen molar-refractivity contribution in [3.63, 3.8) is 0 Å². The predicted molar refractivity (Wildman–Crippen MR) is 87.3 cm³/mol. The second-order valence-electron chi connectivity index (χ2n) is 6.62. The Labute approximate surface area is 136 Å². The molecule has 2 aliphatic rings. The van der Waals surface area contributed by atoms with Crippen molar-refractivity contribution in [1.29, 1.82) is 0 Å². The SMILES string of the molecule is COc1ccc(C(=O)CCC(=O)N2CC3CCC(N)C3C2)cc1. The average molecular weight is 316 g/mol. The molecule has 124 valence electrons. The molecule has 1 saturated carbocycles. The van der Waals surface area contributed by atoms with Crippen LogP contribution < -0.4 is 10.5 Å². The van der Waals surface area contributed by atoms with Crippen molar-refractivity contribution < 1.29 is 14.3 Å². The lowest BCUT2D eigenvalue weighted by Gasteiger charge is -2.18. The smallest absolute Gasteiger partial charge is 0.223 e. The molecule has 1 heterocycles. The van der Waals surface area contributed by atoms with Crippen LogP contribution in [0.15, 0.2) is 24.3 Å². The molecule has 1 aliphatic carbocycles. The van der Waals surface area contributed by atoms with E-state index in [0.717, 1.165) is 31.7 Å². The molecule has 0 spiro atoms. The average Bonchev–Trinajstić information content (AvgIpc) is 3.15. The van der Waals surface area contributed by atoms with Crippen molar-refractivity contribution >= 4 is 11.7 Å². The quantitative estimate of drug-likeness (QED) is 0.842. The number of carbonyl (C=O) groups excluding carboxylic acids is 2. The van der Waals surface area contributed by atoms with Crippen LogP contribution in [0, 0.1) is 11.8 Å². The molecule has 0 aromatic heterocycles. The number of amides is 1. The summed E-state index contributed by atoms with van der Waals surface area (Å²) < 4.78 is 5.08. The van der Waals surface area contributed by atoms with Gasteiger partial charge in [0.15, 0.2) is 5.78 Å². The van der Waals surface area contributed by atoms with E-state index in [2.05, 4.69) is 0 Å². The molecular formula is C18H24N2O3. The van der Waals surface area contributed by atoms with Gasteiger partial charge < -0.3 is 15.4 Å². The molecule has 1 aromatic rings. The Morgan fingerprint density at radius 3 is 2.57 bits per heavy atom. The number of ether oxygens (including phenoxy) is 1. The van der Waals surface area contributed by atoms with Gasteiger partial charge in [0.1, 0.15) is 5.75 Å². The second kappa shape index (κ2) is 6.71. The molecule has 2 fully saturated rings. The summed E-state index contributed by atoms with van der Waals surface area (Å²) in [6, 6.07) is 7.24. The Morgan fingerprint density at radius 2 is 1.91 bits per heavy atom. The number of methoxy groups -OCH3 is 1. The maximum absolute atomic E-state index is 12.3. The molecular weight excluding hydrogens is 292 g/mol. The van der Waals surface area contributed by atoms with Crippen LogP contribution in [-0.2, 0) is 4.79 Å². The summed E-state index contributed by atoms with van der Waals surface area (Å²) in [5.41, 5.74) is 6.73. The maximum Gasteiger partial charge on any atom is 0.223 e. The van der Waals surface area contributed by atoms with Crippen molar-refractivity contribution in [2.45, 2.75) is 31.7 Å². The molecule has 3 atom stereocenters. The van der Waals surface area contributed by atoms with Crippen molar-refractivity contribution in [2.24, 2.45) is 17.6 Å². The topological polar surface area (TPSA) is 72.6 Å². The van der Waals surface area contributed by atoms with Crippen LogP contribution in [0.4, 0.5) is 0 Å². The first-order chi connectivity index (χ1) is 11.1. The van der Waals surface area contributed by atoms with Gasteiger partial charge in [0.2, 0.25) is 5.91 Å². The van der Waals surface area contributed by atoms with Crippen LogP contribution in [0.2, 0.25) is 0 Å². The summed E-state index contributed by atoms with van der Waals surface area (Å²) in [6.45, 7) is 1.58. The van der Waals surface area contributed by atoms with Gasteiger partial charge in [0.25, 0.3) is 0 Å². The van der Waals surface area contributed by atoms with Gasteiger partial charge in [-0.2, -0.15) is 0 Å². The van der Waals surface area contributed by atoms with E-state index in [0.29, 0.717) is 17.4 Å². The third kappa shape index (κ3) is 3.39. The highest BCUT2D eigenvalue weighted by molar-refractivity contribution is 5.98. The van der Waals surface area contributed by atoms with Crippen molar-refractivity contribution in [3.8, 4) is 5.75 Å². The lowest BCUT2D eigenvalue weighted by molar-refractivity contribution is -0.130. The molecule has 23 heavy (non-hydrogen) atoms. The van der Waals surface area contributed by atoms with E-state index < -0.39 is 0 Å². The first-order valence-corrected chi connectivity index (χ1v) is 8.29. The molecule has 5 nitrogen and oxygen atoms in total. The number of ketones is 1. The minimum absolute atomic E-state index is 0.00269. The molecule has 3 unspecified atom stereocenters. The van der Waals surface area contributed by atoms with Crippen LogP contribution in [0.3, 0.4) is 0 Å². The minimum atomic E-state index is -0.00269. The Hall–Kier alpha value is -1.88. The number of hydrogen-bond acceptors (Lipinski definition) is 4. The number of fused-ring (bicyclic) bond motifs is 1. The van der Waals surface area contributed by atoms with Crippen LogP contribution in [-0.4, -0.2) is 42.8 Å². The number of likely N-dealkylation sites (tertiary alicyclic amines) is 1. The standard InChI is InChI=1S/C18H24N2O3/c1-23-14-5-2-12(3-6-14)17(21)8-9-18(22)20-10-13-4-7-16(19)15(13)11-20/h2-3,5-6,13,15-16H,4,7-11,19H2,1H3. The van der Waals surface area contributed by atoms with Gasteiger partial charge in [0.05, 0.1) is 7.11 Å². The number of nitrogens with two attached hydrogens (primary N) is 1. The van der Waals surface area contributed by atoms with Crippen molar-refractivity contribution in [1.82, 2.24) is 4.90 Å². The molecule has 1 aliphatic heterocycles. The van der Waals surface area contributed by atoms with E-state index in [1.54, 1.807) is 31.4 Å². The summed E-state index contributed by atoms with van der Waals surface area (Å²) in [4.78, 5) is 26.4. The molecule has 1 aromatic carbocycles. The predicted octanol–water partition coefficient (Wildman–Crippen LogP) is 1.85. The van der Waals surface area contributed by atoms with E-state index in [1.807, 2.05) is 4.90 Å². The van der Waals surface area contributed by atoms with E-state index in [1.165, 1.54) is 0 Å². The van der Waals surface area contributed by atoms with E-state index in [-0.39, 0.29) is 30.6 Å². The lowest BCUT2D eigenvalue weighted by atomic mass is 9.98. The van der Waals surface area contributed by atoms with Gasteiger partial charge in [-0.05, 0) is 48.9 Å². The van der Waals surface area contributed by atoms with Crippen molar-refractivity contribution in [2.75, 3.05) is 20.2 Å². The van der Waals surface area contributed by atoms with Crippen LogP contribution in [0.25, 0.3) is 0 Å². The lowest BCUT2D eigenvalue weighted by Crippen LogP contribution is -2.33. The first-order valence-electron chi connectivity index (χ1n) is 8.29. The van der Waals surface area contributed by atoms with E-state index >= 15 is 0 Å².